The van der Waals surface area contributed by atoms with E-state index in [4.69, 9.17) is 4.74 Å². The van der Waals surface area contributed by atoms with Crippen LogP contribution in [0.5, 0.6) is 0 Å². The van der Waals surface area contributed by atoms with E-state index in [9.17, 15) is 14.7 Å². The number of anilines is 1. The number of carbonyl (C=O) groups excluding carboxylic acids is 2. The van der Waals surface area contributed by atoms with Crippen LogP contribution >= 0.6 is 38.5 Å². The summed E-state index contributed by atoms with van der Waals surface area (Å²) in [5.74, 6) is -3.85. The molecular weight excluding hydrogens is 465 g/mol. The van der Waals surface area contributed by atoms with Gasteiger partial charge in [0, 0.05) is 19.3 Å². The first-order valence-electron chi connectivity index (χ1n) is 6.23. The molecule has 1 heterocycles. The van der Waals surface area contributed by atoms with Crippen molar-refractivity contribution in [2.75, 3.05) is 5.32 Å². The summed E-state index contributed by atoms with van der Waals surface area (Å²) in [5, 5.41) is 13.1. The maximum Gasteiger partial charge on any atom is 0.341 e. The highest BCUT2D eigenvalue weighted by Crippen LogP contribution is 2.35. The monoisotopic (exact) mass is 473 g/mol. The Morgan fingerprint density at radius 1 is 1.27 bits per heavy atom. The molecule has 0 radical (unpaired) electrons. The van der Waals surface area contributed by atoms with Crippen LogP contribution in [0.25, 0.3) is 0 Å². The molecule has 112 valence electrons. The fraction of sp³-hybridized carbons (Fsp3) is 0.0667. The van der Waals surface area contributed by atoms with Crippen LogP contribution in [0.3, 0.4) is 0 Å². The van der Waals surface area contributed by atoms with E-state index in [0.29, 0.717) is 5.69 Å². The molecule has 1 unspecified atom stereocenters. The second-order valence-electron chi connectivity index (χ2n) is 4.66. The molecule has 22 heavy (non-hydrogen) atoms. The standard InChI is InChI=1S/C15H9BrINO4/c16-11-6-5-8(7-12(11)17)18-14(20)15(21)10-4-2-1-3-9(10)13(19)22-15/h1-7,21H,(H,18,20). The SMILES string of the molecule is O=C1OC(O)(C(=O)Nc2ccc(Br)c(I)c2)c2ccccc21. The van der Waals surface area contributed by atoms with Gasteiger partial charge in [-0.15, -0.1) is 0 Å². The molecule has 0 saturated heterocycles. The maximum atomic E-state index is 12.4. The summed E-state index contributed by atoms with van der Waals surface area (Å²) in [6.45, 7) is 0. The number of aliphatic hydroxyl groups is 1. The lowest BCUT2D eigenvalue weighted by Gasteiger charge is -2.21. The Hall–Kier alpha value is -1.45. The molecule has 1 atom stereocenters. The normalized spacial score (nSPS) is 19.5. The fourth-order valence-electron chi connectivity index (χ4n) is 2.16. The zero-order chi connectivity index (χ0) is 15.9. The number of nitrogens with one attached hydrogen (secondary N) is 1. The van der Waals surface area contributed by atoms with Gasteiger partial charge in [0.25, 0.3) is 0 Å². The number of carbonyl (C=O) groups is 2. The average molecular weight is 474 g/mol. The van der Waals surface area contributed by atoms with Crippen LogP contribution in [-0.4, -0.2) is 17.0 Å². The van der Waals surface area contributed by atoms with Gasteiger partial charge < -0.3 is 15.2 Å². The molecular formula is C15H9BrINO4. The smallest absolute Gasteiger partial charge is 0.341 e. The lowest BCUT2D eigenvalue weighted by atomic mass is 10.0. The number of amides is 1. The van der Waals surface area contributed by atoms with Gasteiger partial charge in [-0.05, 0) is 62.8 Å². The molecule has 0 saturated carbocycles. The number of esters is 1. The third-order valence-electron chi connectivity index (χ3n) is 3.24. The summed E-state index contributed by atoms with van der Waals surface area (Å²) in [6, 6.07) is 11.4. The topological polar surface area (TPSA) is 75.6 Å². The van der Waals surface area contributed by atoms with Crippen LogP contribution in [0.15, 0.2) is 46.9 Å². The van der Waals surface area contributed by atoms with Crippen molar-refractivity contribution >= 4 is 56.1 Å². The van der Waals surface area contributed by atoms with Crippen LogP contribution < -0.4 is 5.32 Å². The highest BCUT2D eigenvalue weighted by atomic mass is 127. The molecule has 2 N–H and O–H groups in total. The minimum atomic E-state index is -2.31. The van der Waals surface area contributed by atoms with Gasteiger partial charge in [-0.3, -0.25) is 4.79 Å². The highest BCUT2D eigenvalue weighted by molar-refractivity contribution is 14.1. The number of benzene rings is 2. The van der Waals surface area contributed by atoms with E-state index in [1.165, 1.54) is 12.1 Å². The Balaban J connectivity index is 1.92. The van der Waals surface area contributed by atoms with Crippen molar-refractivity contribution < 1.29 is 19.4 Å². The zero-order valence-electron chi connectivity index (χ0n) is 11.0. The first-order chi connectivity index (χ1) is 10.4. The summed E-state index contributed by atoms with van der Waals surface area (Å²) in [6.07, 6.45) is 0. The van der Waals surface area contributed by atoms with E-state index >= 15 is 0 Å². The van der Waals surface area contributed by atoms with Crippen molar-refractivity contribution in [2.45, 2.75) is 5.79 Å². The third-order valence-corrected chi connectivity index (χ3v) is 5.56. The number of halogens is 2. The van der Waals surface area contributed by atoms with E-state index in [1.807, 2.05) is 0 Å². The van der Waals surface area contributed by atoms with Crippen molar-refractivity contribution in [2.24, 2.45) is 0 Å². The molecule has 1 aliphatic heterocycles. The van der Waals surface area contributed by atoms with Crippen molar-refractivity contribution in [3.63, 3.8) is 0 Å². The molecule has 5 nitrogen and oxygen atoms in total. The van der Waals surface area contributed by atoms with Crippen molar-refractivity contribution in [3.05, 3.63) is 61.6 Å². The largest absolute Gasteiger partial charge is 0.415 e. The van der Waals surface area contributed by atoms with Crippen LogP contribution in [-0.2, 0) is 15.3 Å². The summed E-state index contributed by atoms with van der Waals surface area (Å²) >= 11 is 5.47. The average Bonchev–Trinajstić information content (AvgIpc) is 2.76. The summed E-state index contributed by atoms with van der Waals surface area (Å²) in [5.41, 5.74) is 0.821. The predicted molar refractivity (Wildman–Crippen MR) is 91.2 cm³/mol. The number of ether oxygens (including phenoxy) is 1. The Bertz CT molecular complexity index is 795. The molecule has 2 aromatic rings. The molecule has 1 aliphatic rings. The van der Waals surface area contributed by atoms with Gasteiger partial charge in [-0.1, -0.05) is 18.2 Å². The summed E-state index contributed by atoms with van der Waals surface area (Å²) < 4.78 is 6.69. The van der Waals surface area contributed by atoms with Crippen molar-refractivity contribution in [1.29, 1.82) is 0 Å². The highest BCUT2D eigenvalue weighted by Gasteiger charge is 2.50. The minimum absolute atomic E-state index is 0.143. The van der Waals surface area contributed by atoms with Gasteiger partial charge in [-0.2, -0.15) is 0 Å². The van der Waals surface area contributed by atoms with Gasteiger partial charge >= 0.3 is 17.7 Å². The number of rotatable bonds is 2. The quantitative estimate of drug-likeness (QED) is 0.519. The maximum absolute atomic E-state index is 12.4. The number of fused-ring (bicyclic) bond motifs is 1. The van der Waals surface area contributed by atoms with E-state index in [-0.39, 0.29) is 11.1 Å². The molecule has 0 fully saturated rings. The van der Waals surface area contributed by atoms with Crippen molar-refractivity contribution in [3.8, 4) is 0 Å². The molecule has 7 heteroatoms. The van der Waals surface area contributed by atoms with E-state index < -0.39 is 17.7 Å². The lowest BCUT2D eigenvalue weighted by Crippen LogP contribution is -2.40. The summed E-state index contributed by atoms with van der Waals surface area (Å²) in [7, 11) is 0. The van der Waals surface area contributed by atoms with Gasteiger partial charge in [0.2, 0.25) is 0 Å². The van der Waals surface area contributed by atoms with Crippen LogP contribution in [0.1, 0.15) is 15.9 Å². The number of cyclic esters (lactones) is 1. The molecule has 3 rings (SSSR count). The lowest BCUT2D eigenvalue weighted by molar-refractivity contribution is -0.180. The Morgan fingerprint density at radius 3 is 2.73 bits per heavy atom. The Morgan fingerprint density at radius 2 is 2.00 bits per heavy atom. The second kappa shape index (κ2) is 5.64. The third kappa shape index (κ3) is 2.53. The zero-order valence-corrected chi connectivity index (χ0v) is 14.7. The number of hydrogen-bond donors (Lipinski definition) is 2. The Labute approximate surface area is 147 Å². The van der Waals surface area contributed by atoms with E-state index in [0.717, 1.165) is 8.04 Å². The predicted octanol–water partition coefficient (Wildman–Crippen LogP) is 3.01. The molecule has 0 bridgehead atoms. The molecule has 0 aromatic heterocycles. The van der Waals surface area contributed by atoms with Gasteiger partial charge in [0.05, 0.1) is 5.56 Å². The van der Waals surface area contributed by atoms with E-state index in [1.54, 1.807) is 30.3 Å². The van der Waals surface area contributed by atoms with Gasteiger partial charge in [0.15, 0.2) is 0 Å². The van der Waals surface area contributed by atoms with Crippen LogP contribution in [0.2, 0.25) is 0 Å². The minimum Gasteiger partial charge on any atom is -0.415 e. The molecule has 2 aromatic carbocycles. The molecule has 1 amide bonds. The Kier molecular flexibility index (Phi) is 3.96. The van der Waals surface area contributed by atoms with Crippen molar-refractivity contribution in [1.82, 2.24) is 0 Å². The molecule has 0 aliphatic carbocycles. The molecule has 0 spiro atoms. The second-order valence-corrected chi connectivity index (χ2v) is 6.68. The fourth-order valence-corrected chi connectivity index (χ4v) is 2.92. The number of hydrogen-bond acceptors (Lipinski definition) is 4. The first kappa shape index (κ1) is 15.4. The van der Waals surface area contributed by atoms with Crippen LogP contribution in [0.4, 0.5) is 5.69 Å². The van der Waals surface area contributed by atoms with Gasteiger partial charge in [-0.25, -0.2) is 4.79 Å². The van der Waals surface area contributed by atoms with E-state index in [2.05, 4.69) is 43.8 Å². The first-order valence-corrected chi connectivity index (χ1v) is 8.11. The van der Waals surface area contributed by atoms with Gasteiger partial charge in [0.1, 0.15) is 0 Å². The van der Waals surface area contributed by atoms with Crippen LogP contribution in [0, 0.1) is 3.57 Å². The summed E-state index contributed by atoms with van der Waals surface area (Å²) in [4.78, 5) is 24.2.